The Morgan fingerprint density at radius 2 is 0.795 bits per heavy atom. The second-order valence-electron chi connectivity index (χ2n) is 11.5. The zero-order valence-corrected chi connectivity index (χ0v) is 27.9. The average molecular weight is 601 g/mol. The fourth-order valence-corrected chi connectivity index (χ4v) is 4.92. The molecule has 0 bridgehead atoms. The first kappa shape index (κ1) is 36.7. The van der Waals surface area contributed by atoms with E-state index in [9.17, 15) is 19.2 Å². The molecule has 2 aromatic rings. The minimum Gasteiger partial charge on any atom is -0.299 e. The Kier molecular flexibility index (Phi) is 16.4. The molecule has 0 saturated carbocycles. The van der Waals surface area contributed by atoms with Crippen LogP contribution in [-0.4, -0.2) is 34.6 Å². The lowest BCUT2D eigenvalue weighted by atomic mass is 9.96. The number of nitrogens with zero attached hydrogens (tertiary/aromatic N) is 2. The maximum Gasteiger partial charge on any atom is 0.137 e. The van der Waals surface area contributed by atoms with E-state index in [1.54, 1.807) is 0 Å². The Labute approximate surface area is 264 Å². The Hall–Kier alpha value is -3.54. The molecular formula is C38H52N2O4. The van der Waals surface area contributed by atoms with Crippen molar-refractivity contribution in [1.29, 1.82) is 0 Å². The lowest BCUT2D eigenvalue weighted by Gasteiger charge is -2.14. The smallest absolute Gasteiger partial charge is 0.137 e. The topological polar surface area (TPSA) is 93.0 Å². The van der Waals surface area contributed by atoms with Gasteiger partial charge in [0.2, 0.25) is 0 Å². The fourth-order valence-electron chi connectivity index (χ4n) is 4.92. The standard InChI is InChI=1S/C38H52N2O4/c1-7-13-15-37(39-31-19-17-27(23-33(41)9-3)29(21-31)25-35(43)11-5)38(16-14-8-2)40-32-20-18-28(24-34(42)10-4)30(22-32)26-36(44)12-6/h17-22H,7-16,23-26H2,1-6H3. The number of carbonyl (C=O) groups is 4. The average Bonchev–Trinajstić information content (AvgIpc) is 3.03. The SMILES string of the molecule is CCCCC(=Nc1ccc(CC(=O)CC)c(CC(=O)CC)c1)C(CCCC)=Nc1ccc(CC(=O)CC)c(CC(=O)CC)c1. The van der Waals surface area contributed by atoms with E-state index in [2.05, 4.69) is 13.8 Å². The molecule has 0 radical (unpaired) electrons. The number of ketones is 4. The maximum absolute atomic E-state index is 12.4. The van der Waals surface area contributed by atoms with Crippen LogP contribution in [0.25, 0.3) is 0 Å². The molecule has 6 heteroatoms. The number of Topliss-reactive ketones (excluding diaryl/α,β-unsaturated/α-hetero) is 4. The van der Waals surface area contributed by atoms with Crippen molar-refractivity contribution in [2.45, 2.75) is 131 Å². The van der Waals surface area contributed by atoms with Crippen molar-refractivity contribution < 1.29 is 19.2 Å². The van der Waals surface area contributed by atoms with E-state index < -0.39 is 0 Å². The van der Waals surface area contributed by atoms with Gasteiger partial charge in [0.15, 0.2) is 0 Å². The summed E-state index contributed by atoms with van der Waals surface area (Å²) in [4.78, 5) is 59.6. The predicted molar refractivity (Wildman–Crippen MR) is 182 cm³/mol. The van der Waals surface area contributed by atoms with E-state index in [1.165, 1.54) is 0 Å². The summed E-state index contributed by atoms with van der Waals surface area (Å²) >= 11 is 0. The van der Waals surface area contributed by atoms with Crippen molar-refractivity contribution >= 4 is 45.9 Å². The lowest BCUT2D eigenvalue weighted by Crippen LogP contribution is -2.15. The Balaban J connectivity index is 2.65. The first-order valence-electron chi connectivity index (χ1n) is 16.6. The first-order chi connectivity index (χ1) is 21.2. The largest absolute Gasteiger partial charge is 0.299 e. The molecule has 0 aromatic heterocycles. The van der Waals surface area contributed by atoms with Crippen LogP contribution < -0.4 is 0 Å². The maximum atomic E-state index is 12.4. The summed E-state index contributed by atoms with van der Waals surface area (Å²) in [6.45, 7) is 11.7. The summed E-state index contributed by atoms with van der Waals surface area (Å²) in [5.41, 5.74) is 6.87. The number of rotatable bonds is 21. The molecule has 2 rings (SSSR count). The van der Waals surface area contributed by atoms with Crippen LogP contribution in [0, 0.1) is 0 Å². The van der Waals surface area contributed by atoms with Gasteiger partial charge in [0.1, 0.15) is 23.1 Å². The van der Waals surface area contributed by atoms with Crippen molar-refractivity contribution in [1.82, 2.24) is 0 Å². The van der Waals surface area contributed by atoms with Gasteiger partial charge in [0.25, 0.3) is 0 Å². The van der Waals surface area contributed by atoms with Crippen LogP contribution in [0.5, 0.6) is 0 Å². The molecule has 0 fully saturated rings. The fraction of sp³-hybridized carbons (Fsp3) is 0.526. The zero-order chi connectivity index (χ0) is 32.5. The van der Waals surface area contributed by atoms with Gasteiger partial charge in [0, 0.05) is 51.4 Å². The Morgan fingerprint density at radius 3 is 1.09 bits per heavy atom. The van der Waals surface area contributed by atoms with E-state index in [1.807, 2.05) is 64.1 Å². The van der Waals surface area contributed by atoms with E-state index >= 15 is 0 Å². The highest BCUT2D eigenvalue weighted by Crippen LogP contribution is 2.25. The minimum absolute atomic E-state index is 0.133. The highest BCUT2D eigenvalue weighted by molar-refractivity contribution is 6.43. The van der Waals surface area contributed by atoms with Crippen LogP contribution in [0.4, 0.5) is 11.4 Å². The molecule has 0 amide bonds. The number of carbonyl (C=O) groups excluding carboxylic acids is 4. The lowest BCUT2D eigenvalue weighted by molar-refractivity contribution is -0.119. The summed E-state index contributed by atoms with van der Waals surface area (Å²) in [5, 5.41) is 0. The quantitative estimate of drug-likeness (QED) is 0.134. The van der Waals surface area contributed by atoms with Crippen LogP contribution in [0.1, 0.15) is 128 Å². The van der Waals surface area contributed by atoms with Crippen molar-refractivity contribution in [3.63, 3.8) is 0 Å². The molecule has 6 nitrogen and oxygen atoms in total. The summed E-state index contributed by atoms with van der Waals surface area (Å²) < 4.78 is 0. The second kappa shape index (κ2) is 19.7. The molecule has 0 aliphatic heterocycles. The van der Waals surface area contributed by atoms with Gasteiger partial charge in [-0.1, -0.05) is 66.5 Å². The summed E-state index contributed by atoms with van der Waals surface area (Å²) in [5.74, 6) is 0.562. The molecule has 0 spiro atoms. The monoisotopic (exact) mass is 600 g/mol. The molecule has 0 heterocycles. The third kappa shape index (κ3) is 12.2. The number of hydrogen-bond donors (Lipinski definition) is 0. The van der Waals surface area contributed by atoms with E-state index in [-0.39, 0.29) is 23.1 Å². The van der Waals surface area contributed by atoms with E-state index in [4.69, 9.17) is 9.98 Å². The zero-order valence-electron chi connectivity index (χ0n) is 27.9. The number of unbranched alkanes of at least 4 members (excludes halogenated alkanes) is 2. The van der Waals surface area contributed by atoms with E-state index in [0.717, 1.165) is 83.6 Å². The van der Waals surface area contributed by atoms with Gasteiger partial charge < -0.3 is 0 Å². The molecule has 44 heavy (non-hydrogen) atoms. The molecule has 2 aromatic carbocycles. The molecule has 0 unspecified atom stereocenters. The highest BCUT2D eigenvalue weighted by atomic mass is 16.1. The number of benzene rings is 2. The van der Waals surface area contributed by atoms with Gasteiger partial charge in [-0.3, -0.25) is 29.2 Å². The van der Waals surface area contributed by atoms with Crippen LogP contribution in [0.15, 0.2) is 46.4 Å². The first-order valence-corrected chi connectivity index (χ1v) is 16.6. The molecule has 0 aliphatic carbocycles. The van der Waals surface area contributed by atoms with Crippen LogP contribution >= 0.6 is 0 Å². The van der Waals surface area contributed by atoms with Crippen LogP contribution in [0.3, 0.4) is 0 Å². The van der Waals surface area contributed by atoms with E-state index in [0.29, 0.717) is 51.4 Å². The number of hydrogen-bond acceptors (Lipinski definition) is 6. The van der Waals surface area contributed by atoms with Crippen molar-refractivity contribution in [2.75, 3.05) is 0 Å². The van der Waals surface area contributed by atoms with Crippen molar-refractivity contribution in [3.8, 4) is 0 Å². The summed E-state index contributed by atoms with van der Waals surface area (Å²) in [6.07, 6.45) is 8.52. The third-order valence-electron chi connectivity index (χ3n) is 7.90. The van der Waals surface area contributed by atoms with Crippen LogP contribution in [0.2, 0.25) is 0 Å². The van der Waals surface area contributed by atoms with Crippen molar-refractivity contribution in [2.24, 2.45) is 9.98 Å². The number of aliphatic imine (C=N–C) groups is 2. The molecule has 0 N–H and O–H groups in total. The third-order valence-corrected chi connectivity index (χ3v) is 7.90. The van der Waals surface area contributed by atoms with Crippen molar-refractivity contribution in [3.05, 3.63) is 58.7 Å². The second-order valence-corrected chi connectivity index (χ2v) is 11.5. The highest BCUT2D eigenvalue weighted by Gasteiger charge is 2.15. The normalized spacial score (nSPS) is 12.0. The van der Waals surface area contributed by atoms with Gasteiger partial charge >= 0.3 is 0 Å². The van der Waals surface area contributed by atoms with Gasteiger partial charge in [-0.2, -0.15) is 0 Å². The summed E-state index contributed by atoms with van der Waals surface area (Å²) in [6, 6.07) is 11.7. The van der Waals surface area contributed by atoms with Gasteiger partial charge in [-0.05, 0) is 72.2 Å². The molecule has 238 valence electrons. The molecule has 0 aliphatic rings. The summed E-state index contributed by atoms with van der Waals surface area (Å²) in [7, 11) is 0. The van der Waals surface area contributed by atoms with Crippen LogP contribution in [-0.2, 0) is 44.9 Å². The Morgan fingerprint density at radius 1 is 0.477 bits per heavy atom. The molecule has 0 atom stereocenters. The van der Waals surface area contributed by atoms with Gasteiger partial charge in [-0.25, -0.2) is 0 Å². The Bertz CT molecular complexity index is 1250. The minimum atomic E-state index is 0.133. The molecular weight excluding hydrogens is 548 g/mol. The van der Waals surface area contributed by atoms with Gasteiger partial charge in [-0.15, -0.1) is 0 Å². The van der Waals surface area contributed by atoms with Gasteiger partial charge in [0.05, 0.1) is 22.8 Å². The molecule has 0 saturated heterocycles. The predicted octanol–water partition coefficient (Wildman–Crippen LogP) is 9.00.